The van der Waals surface area contributed by atoms with E-state index in [1.807, 2.05) is 20.0 Å². The predicted molar refractivity (Wildman–Crippen MR) is 74.1 cm³/mol. The number of hydrogen-bond acceptors (Lipinski definition) is 4. The topological polar surface area (TPSA) is 51.0 Å². The lowest BCUT2D eigenvalue weighted by molar-refractivity contribution is 0.393. The maximum Gasteiger partial charge on any atom is 0.141 e. The Morgan fingerprint density at radius 3 is 2.79 bits per heavy atom. The van der Waals surface area contributed by atoms with Crippen molar-refractivity contribution >= 4 is 0 Å². The van der Waals surface area contributed by atoms with Crippen LogP contribution in [0.2, 0.25) is 0 Å². The molecule has 0 amide bonds. The molecule has 4 heteroatoms. The van der Waals surface area contributed by atoms with Crippen molar-refractivity contribution < 1.29 is 4.52 Å². The van der Waals surface area contributed by atoms with Gasteiger partial charge < -0.3 is 9.84 Å². The third kappa shape index (κ3) is 2.40. The molecular weight excluding hydrogens is 238 g/mol. The molecule has 3 rings (SSSR count). The van der Waals surface area contributed by atoms with Crippen molar-refractivity contribution in [2.24, 2.45) is 0 Å². The Morgan fingerprint density at radius 1 is 1.32 bits per heavy atom. The van der Waals surface area contributed by atoms with Gasteiger partial charge in [-0.2, -0.15) is 0 Å². The number of nitrogens with zero attached hydrogens (tertiary/aromatic N) is 2. The van der Waals surface area contributed by atoms with Crippen LogP contribution in [0.1, 0.15) is 35.9 Å². The van der Waals surface area contributed by atoms with Gasteiger partial charge in [0.05, 0.1) is 5.69 Å². The summed E-state index contributed by atoms with van der Waals surface area (Å²) in [4.78, 5) is 4.63. The van der Waals surface area contributed by atoms with Gasteiger partial charge in [0.25, 0.3) is 0 Å². The van der Waals surface area contributed by atoms with E-state index in [0.29, 0.717) is 5.92 Å². The van der Waals surface area contributed by atoms with Gasteiger partial charge in [0.15, 0.2) is 0 Å². The molecule has 4 nitrogen and oxygen atoms in total. The summed E-state index contributed by atoms with van der Waals surface area (Å²) in [6.07, 6.45) is 4.40. The van der Waals surface area contributed by atoms with E-state index in [-0.39, 0.29) is 0 Å². The molecule has 100 valence electrons. The quantitative estimate of drug-likeness (QED) is 0.898. The van der Waals surface area contributed by atoms with Crippen molar-refractivity contribution in [2.45, 2.75) is 32.6 Å². The molecule has 2 aromatic rings. The molecule has 0 spiro atoms. The molecule has 1 aliphatic heterocycles. The van der Waals surface area contributed by atoms with Gasteiger partial charge in [0.2, 0.25) is 0 Å². The van der Waals surface area contributed by atoms with Crippen LogP contribution in [0.3, 0.4) is 0 Å². The first-order valence-corrected chi connectivity index (χ1v) is 6.85. The molecule has 0 radical (unpaired) electrons. The Balaban J connectivity index is 1.86. The van der Waals surface area contributed by atoms with Crippen molar-refractivity contribution in [3.8, 4) is 11.1 Å². The zero-order valence-corrected chi connectivity index (χ0v) is 11.4. The summed E-state index contributed by atoms with van der Waals surface area (Å²) in [6.45, 7) is 6.07. The van der Waals surface area contributed by atoms with E-state index < -0.39 is 0 Å². The molecule has 0 saturated carbocycles. The number of nitrogens with one attached hydrogen (secondary N) is 1. The first kappa shape index (κ1) is 12.4. The lowest BCUT2D eigenvalue weighted by atomic mass is 9.95. The second-order valence-corrected chi connectivity index (χ2v) is 5.21. The summed E-state index contributed by atoms with van der Waals surface area (Å²) < 4.78 is 5.21. The Morgan fingerprint density at radius 2 is 2.21 bits per heavy atom. The minimum absolute atomic E-state index is 0.549. The summed E-state index contributed by atoms with van der Waals surface area (Å²) in [5, 5.41) is 7.42. The van der Waals surface area contributed by atoms with E-state index in [1.165, 1.54) is 18.5 Å². The third-order valence-electron chi connectivity index (χ3n) is 3.82. The molecule has 0 aliphatic carbocycles. The zero-order valence-electron chi connectivity index (χ0n) is 11.4. The number of piperidine rings is 1. The van der Waals surface area contributed by atoms with Crippen molar-refractivity contribution in [3.63, 3.8) is 0 Å². The zero-order chi connectivity index (χ0) is 13.2. The average molecular weight is 257 g/mol. The van der Waals surface area contributed by atoms with Crippen LogP contribution in [0, 0.1) is 13.8 Å². The van der Waals surface area contributed by atoms with Gasteiger partial charge in [-0.3, -0.25) is 4.98 Å². The van der Waals surface area contributed by atoms with E-state index in [9.17, 15) is 0 Å². The summed E-state index contributed by atoms with van der Waals surface area (Å²) in [6, 6.07) is 4.27. The van der Waals surface area contributed by atoms with E-state index >= 15 is 0 Å². The van der Waals surface area contributed by atoms with E-state index in [2.05, 4.69) is 27.6 Å². The molecule has 3 heterocycles. The van der Waals surface area contributed by atoms with Crippen molar-refractivity contribution in [2.75, 3.05) is 13.1 Å². The van der Waals surface area contributed by atoms with Gasteiger partial charge in [0.1, 0.15) is 5.76 Å². The molecule has 1 saturated heterocycles. The number of hydrogen-bond donors (Lipinski definition) is 1. The van der Waals surface area contributed by atoms with Gasteiger partial charge in [-0.1, -0.05) is 11.2 Å². The van der Waals surface area contributed by atoms with Crippen LogP contribution in [-0.2, 0) is 0 Å². The Bertz CT molecular complexity index is 534. The van der Waals surface area contributed by atoms with Crippen molar-refractivity contribution in [1.29, 1.82) is 0 Å². The second kappa shape index (κ2) is 5.13. The molecular formula is C15H19N3O. The summed E-state index contributed by atoms with van der Waals surface area (Å²) in [7, 11) is 0. The fourth-order valence-corrected chi connectivity index (χ4v) is 2.79. The molecule has 0 aromatic carbocycles. The smallest absolute Gasteiger partial charge is 0.141 e. The monoisotopic (exact) mass is 257 g/mol. The van der Waals surface area contributed by atoms with Gasteiger partial charge in [-0.25, -0.2) is 0 Å². The summed E-state index contributed by atoms with van der Waals surface area (Å²) in [5.41, 5.74) is 4.26. The summed E-state index contributed by atoms with van der Waals surface area (Å²) in [5.74, 6) is 1.40. The van der Waals surface area contributed by atoms with Crippen LogP contribution in [-0.4, -0.2) is 23.2 Å². The number of aromatic nitrogens is 2. The lowest BCUT2D eigenvalue weighted by Gasteiger charge is -2.22. The highest BCUT2D eigenvalue weighted by Gasteiger charge is 2.17. The highest BCUT2D eigenvalue weighted by Crippen LogP contribution is 2.28. The SMILES string of the molecule is Cc1noc(C)c1-c1ccc(C2CCCNC2)nc1. The van der Waals surface area contributed by atoms with Crippen LogP contribution >= 0.6 is 0 Å². The number of pyridine rings is 1. The van der Waals surface area contributed by atoms with Crippen molar-refractivity contribution in [3.05, 3.63) is 35.5 Å². The van der Waals surface area contributed by atoms with E-state index in [0.717, 1.165) is 35.7 Å². The molecule has 1 atom stereocenters. The van der Waals surface area contributed by atoms with E-state index in [4.69, 9.17) is 4.52 Å². The van der Waals surface area contributed by atoms with Crippen LogP contribution in [0.5, 0.6) is 0 Å². The minimum atomic E-state index is 0.549. The lowest BCUT2D eigenvalue weighted by Crippen LogP contribution is -2.28. The van der Waals surface area contributed by atoms with Crippen LogP contribution in [0.4, 0.5) is 0 Å². The molecule has 2 aromatic heterocycles. The van der Waals surface area contributed by atoms with E-state index in [1.54, 1.807) is 0 Å². The average Bonchev–Trinajstić information content (AvgIpc) is 2.79. The molecule has 1 N–H and O–H groups in total. The van der Waals surface area contributed by atoms with Crippen LogP contribution < -0.4 is 5.32 Å². The van der Waals surface area contributed by atoms with Gasteiger partial charge in [0, 0.05) is 35.5 Å². The van der Waals surface area contributed by atoms with Gasteiger partial charge >= 0.3 is 0 Å². The molecule has 1 fully saturated rings. The van der Waals surface area contributed by atoms with Crippen LogP contribution in [0.15, 0.2) is 22.9 Å². The highest BCUT2D eigenvalue weighted by molar-refractivity contribution is 5.66. The minimum Gasteiger partial charge on any atom is -0.361 e. The molecule has 19 heavy (non-hydrogen) atoms. The van der Waals surface area contributed by atoms with Crippen molar-refractivity contribution in [1.82, 2.24) is 15.5 Å². The number of rotatable bonds is 2. The standard InChI is InChI=1S/C15H19N3O/c1-10-15(11(2)19-18-10)13-5-6-14(17-9-13)12-4-3-7-16-8-12/h5-6,9,12,16H,3-4,7-8H2,1-2H3. The fraction of sp³-hybridized carbons (Fsp3) is 0.467. The van der Waals surface area contributed by atoms with Gasteiger partial charge in [-0.15, -0.1) is 0 Å². The number of aryl methyl sites for hydroxylation is 2. The maximum atomic E-state index is 5.21. The highest BCUT2D eigenvalue weighted by atomic mass is 16.5. The molecule has 1 unspecified atom stereocenters. The van der Waals surface area contributed by atoms with Gasteiger partial charge in [-0.05, 0) is 39.3 Å². The second-order valence-electron chi connectivity index (χ2n) is 5.21. The predicted octanol–water partition coefficient (Wildman–Crippen LogP) is 2.82. The largest absolute Gasteiger partial charge is 0.361 e. The van der Waals surface area contributed by atoms with Crippen LogP contribution in [0.25, 0.3) is 11.1 Å². The Kier molecular flexibility index (Phi) is 3.34. The maximum absolute atomic E-state index is 5.21. The first-order chi connectivity index (χ1) is 9.25. The fourth-order valence-electron chi connectivity index (χ4n) is 2.79. The molecule has 0 bridgehead atoms. The normalized spacial score (nSPS) is 19.6. The Hall–Kier alpha value is -1.68. The third-order valence-corrected chi connectivity index (χ3v) is 3.82. The first-order valence-electron chi connectivity index (χ1n) is 6.85. The summed E-state index contributed by atoms with van der Waals surface area (Å²) >= 11 is 0. The Labute approximate surface area is 113 Å². The molecule has 1 aliphatic rings.